The summed E-state index contributed by atoms with van der Waals surface area (Å²) in [6, 6.07) is 15.1. The predicted octanol–water partition coefficient (Wildman–Crippen LogP) is 3.77. The molecule has 27 heavy (non-hydrogen) atoms. The summed E-state index contributed by atoms with van der Waals surface area (Å²) in [5, 5.41) is 8.17. The number of aryl methyl sites for hydroxylation is 1. The zero-order valence-corrected chi connectivity index (χ0v) is 15.7. The number of methoxy groups -OCH3 is 1. The van der Waals surface area contributed by atoms with Crippen molar-refractivity contribution in [1.29, 1.82) is 0 Å². The molecule has 1 aromatic heterocycles. The van der Waals surface area contributed by atoms with Gasteiger partial charge in [-0.15, -0.1) is 0 Å². The molecule has 0 aliphatic heterocycles. The number of pyridine rings is 1. The molecule has 0 radical (unpaired) electrons. The number of aromatic nitrogens is 1. The highest BCUT2D eigenvalue weighted by molar-refractivity contribution is 6.32. The lowest BCUT2D eigenvalue weighted by molar-refractivity contribution is -0.119. The summed E-state index contributed by atoms with van der Waals surface area (Å²) in [4.78, 5) is 16.2. The predicted molar refractivity (Wildman–Crippen MR) is 109 cm³/mol. The average molecular weight is 383 g/mol. The third kappa shape index (κ3) is 4.95. The largest absolute Gasteiger partial charge is 0.497 e. The summed E-state index contributed by atoms with van der Waals surface area (Å²) < 4.78 is 5.22. The maximum absolute atomic E-state index is 11.9. The molecule has 138 valence electrons. The molecule has 0 saturated carbocycles. The van der Waals surface area contributed by atoms with Crippen molar-refractivity contribution in [3.8, 4) is 5.75 Å². The Bertz CT molecular complexity index is 987. The molecule has 2 aromatic carbocycles. The number of carbonyl (C=O) groups excluding carboxylic acids is 1. The van der Waals surface area contributed by atoms with E-state index in [1.54, 1.807) is 7.11 Å². The smallest absolute Gasteiger partial charge is 0.259 e. The number of benzene rings is 2. The van der Waals surface area contributed by atoms with E-state index < -0.39 is 0 Å². The number of anilines is 1. The molecule has 0 unspecified atom stereocenters. The van der Waals surface area contributed by atoms with Gasteiger partial charge in [0.05, 0.1) is 25.4 Å². The number of halogens is 1. The van der Waals surface area contributed by atoms with Crippen molar-refractivity contribution in [3.05, 3.63) is 64.8 Å². The number of carbonyl (C=O) groups is 1. The lowest BCUT2D eigenvalue weighted by Gasteiger charge is -2.06. The van der Waals surface area contributed by atoms with Gasteiger partial charge in [0.2, 0.25) is 0 Å². The Labute approximate surface area is 162 Å². The zero-order chi connectivity index (χ0) is 19.2. The number of nitrogens with zero attached hydrogens (tertiary/aromatic N) is 2. The standard InChI is InChI=1S/C20H19ClN4O2/c1-13-3-5-16(6-4-13)22-12-19(26)25-23-11-15-9-14-10-17(27-2)7-8-18(14)24-20(15)21/h3-11,22H,12H2,1-2H3,(H,25,26)/b23-11-. The Hall–Kier alpha value is -3.12. The van der Waals surface area contributed by atoms with Gasteiger partial charge in [0, 0.05) is 16.6 Å². The first-order chi connectivity index (χ1) is 13.0. The van der Waals surface area contributed by atoms with Gasteiger partial charge in [0.25, 0.3) is 5.91 Å². The van der Waals surface area contributed by atoms with Crippen LogP contribution in [0.25, 0.3) is 10.9 Å². The van der Waals surface area contributed by atoms with Crippen molar-refractivity contribution in [3.63, 3.8) is 0 Å². The highest BCUT2D eigenvalue weighted by Crippen LogP contribution is 2.23. The molecule has 6 nitrogen and oxygen atoms in total. The molecule has 3 aromatic rings. The first-order valence-electron chi connectivity index (χ1n) is 8.32. The van der Waals surface area contributed by atoms with Crippen LogP contribution in [-0.2, 0) is 4.79 Å². The first kappa shape index (κ1) is 18.7. The van der Waals surface area contributed by atoms with Crippen LogP contribution in [0.3, 0.4) is 0 Å². The quantitative estimate of drug-likeness (QED) is 0.386. The summed E-state index contributed by atoms with van der Waals surface area (Å²) in [7, 11) is 1.60. The maximum Gasteiger partial charge on any atom is 0.259 e. The van der Waals surface area contributed by atoms with E-state index in [1.165, 1.54) is 6.21 Å². The van der Waals surface area contributed by atoms with E-state index in [1.807, 2.05) is 55.5 Å². The van der Waals surface area contributed by atoms with Gasteiger partial charge in [-0.2, -0.15) is 5.10 Å². The second-order valence-electron chi connectivity index (χ2n) is 5.94. The van der Waals surface area contributed by atoms with Crippen molar-refractivity contribution < 1.29 is 9.53 Å². The number of ether oxygens (including phenoxy) is 1. The van der Waals surface area contributed by atoms with E-state index in [-0.39, 0.29) is 12.5 Å². The van der Waals surface area contributed by atoms with Gasteiger partial charge in [-0.05, 0) is 43.3 Å². The molecule has 0 saturated heterocycles. The lowest BCUT2D eigenvalue weighted by Crippen LogP contribution is -2.25. The normalized spacial score (nSPS) is 10.9. The Balaban J connectivity index is 1.62. The van der Waals surface area contributed by atoms with E-state index in [2.05, 4.69) is 20.8 Å². The fourth-order valence-electron chi connectivity index (χ4n) is 2.43. The van der Waals surface area contributed by atoms with Gasteiger partial charge in [-0.25, -0.2) is 10.4 Å². The van der Waals surface area contributed by atoms with Crippen molar-refractivity contribution in [2.45, 2.75) is 6.92 Å². The van der Waals surface area contributed by atoms with Crippen molar-refractivity contribution >= 4 is 40.3 Å². The van der Waals surface area contributed by atoms with E-state index in [0.29, 0.717) is 10.7 Å². The molecule has 7 heteroatoms. The molecule has 0 aliphatic rings. The van der Waals surface area contributed by atoms with Gasteiger partial charge in [0.15, 0.2) is 0 Å². The second kappa shape index (κ2) is 8.51. The number of fused-ring (bicyclic) bond motifs is 1. The molecule has 0 spiro atoms. The number of hydrogen-bond acceptors (Lipinski definition) is 5. The van der Waals surface area contributed by atoms with Crippen LogP contribution in [0.4, 0.5) is 5.69 Å². The number of amides is 1. The summed E-state index contributed by atoms with van der Waals surface area (Å²) >= 11 is 6.19. The Kier molecular flexibility index (Phi) is 5.88. The zero-order valence-electron chi connectivity index (χ0n) is 15.0. The van der Waals surface area contributed by atoms with Crippen LogP contribution < -0.4 is 15.5 Å². The molecular formula is C20H19ClN4O2. The van der Waals surface area contributed by atoms with Gasteiger partial charge in [-0.1, -0.05) is 29.3 Å². The Morgan fingerprint density at radius 1 is 1.22 bits per heavy atom. The third-order valence-electron chi connectivity index (χ3n) is 3.90. The van der Waals surface area contributed by atoms with Crippen LogP contribution in [-0.4, -0.2) is 30.8 Å². The van der Waals surface area contributed by atoms with Gasteiger partial charge in [-0.3, -0.25) is 4.79 Å². The summed E-state index contributed by atoms with van der Waals surface area (Å²) in [6.45, 7) is 2.12. The summed E-state index contributed by atoms with van der Waals surface area (Å²) in [5.41, 5.74) is 5.85. The summed E-state index contributed by atoms with van der Waals surface area (Å²) in [5.74, 6) is 0.461. The van der Waals surface area contributed by atoms with Crippen molar-refractivity contribution in [2.75, 3.05) is 19.0 Å². The van der Waals surface area contributed by atoms with E-state index in [0.717, 1.165) is 27.9 Å². The monoisotopic (exact) mass is 382 g/mol. The number of rotatable bonds is 6. The minimum Gasteiger partial charge on any atom is -0.497 e. The van der Waals surface area contributed by atoms with Gasteiger partial charge < -0.3 is 10.1 Å². The van der Waals surface area contributed by atoms with E-state index in [4.69, 9.17) is 16.3 Å². The van der Waals surface area contributed by atoms with Crippen LogP contribution in [0.2, 0.25) is 5.15 Å². The van der Waals surface area contributed by atoms with Gasteiger partial charge >= 0.3 is 0 Å². The van der Waals surface area contributed by atoms with Crippen LogP contribution in [0.5, 0.6) is 5.75 Å². The van der Waals surface area contributed by atoms with Gasteiger partial charge in [0.1, 0.15) is 10.9 Å². The van der Waals surface area contributed by atoms with E-state index in [9.17, 15) is 4.79 Å². The molecule has 0 aliphatic carbocycles. The fraction of sp³-hybridized carbons (Fsp3) is 0.150. The molecular weight excluding hydrogens is 364 g/mol. The van der Waals surface area contributed by atoms with Crippen LogP contribution >= 0.6 is 11.6 Å². The topological polar surface area (TPSA) is 75.6 Å². The molecule has 0 bridgehead atoms. The third-order valence-corrected chi connectivity index (χ3v) is 4.20. The number of hydrazone groups is 1. The SMILES string of the molecule is COc1ccc2nc(Cl)c(/C=N\NC(=O)CNc3ccc(C)cc3)cc2c1. The van der Waals surface area contributed by atoms with E-state index >= 15 is 0 Å². The van der Waals surface area contributed by atoms with Crippen molar-refractivity contribution in [1.82, 2.24) is 10.4 Å². The van der Waals surface area contributed by atoms with Crippen molar-refractivity contribution in [2.24, 2.45) is 5.10 Å². The van der Waals surface area contributed by atoms with Crippen LogP contribution in [0, 0.1) is 6.92 Å². The molecule has 3 rings (SSSR count). The molecule has 0 fully saturated rings. The molecule has 0 atom stereocenters. The summed E-state index contributed by atoms with van der Waals surface area (Å²) in [6.07, 6.45) is 1.47. The number of hydrogen-bond donors (Lipinski definition) is 2. The lowest BCUT2D eigenvalue weighted by atomic mass is 10.1. The molecule has 2 N–H and O–H groups in total. The first-order valence-corrected chi connectivity index (χ1v) is 8.69. The minimum absolute atomic E-state index is 0.112. The second-order valence-corrected chi connectivity index (χ2v) is 6.30. The fourth-order valence-corrected chi connectivity index (χ4v) is 2.63. The molecule has 1 amide bonds. The maximum atomic E-state index is 11.9. The highest BCUT2D eigenvalue weighted by Gasteiger charge is 2.05. The highest BCUT2D eigenvalue weighted by atomic mass is 35.5. The molecule has 1 heterocycles. The Morgan fingerprint density at radius 3 is 2.74 bits per heavy atom. The Morgan fingerprint density at radius 2 is 2.00 bits per heavy atom. The minimum atomic E-state index is -0.265. The van der Waals surface area contributed by atoms with Crippen LogP contribution in [0.1, 0.15) is 11.1 Å². The number of nitrogens with one attached hydrogen (secondary N) is 2. The average Bonchev–Trinajstić information content (AvgIpc) is 2.67. The van der Waals surface area contributed by atoms with Crippen LogP contribution in [0.15, 0.2) is 53.6 Å².